The molecule has 4 nitrogen and oxygen atoms in total. The first kappa shape index (κ1) is 17.3. The number of hydrogen-bond donors (Lipinski definition) is 3. The molecule has 2 rings (SSSR count). The Kier molecular flexibility index (Phi) is 6.68. The van der Waals surface area contributed by atoms with Crippen molar-refractivity contribution in [2.24, 2.45) is 0 Å². The molecule has 3 atom stereocenters. The molecule has 0 bridgehead atoms. The third-order valence-electron chi connectivity index (χ3n) is 4.80. The van der Waals surface area contributed by atoms with E-state index in [2.05, 4.69) is 12.2 Å². The van der Waals surface area contributed by atoms with Crippen LogP contribution in [0.2, 0.25) is 0 Å². The molecule has 1 saturated heterocycles. The molecule has 0 aliphatic carbocycles. The van der Waals surface area contributed by atoms with Gasteiger partial charge in [-0.3, -0.25) is 0 Å². The minimum atomic E-state index is -0.412. The van der Waals surface area contributed by atoms with E-state index in [0.29, 0.717) is 6.61 Å². The van der Waals surface area contributed by atoms with Gasteiger partial charge in [-0.25, -0.2) is 0 Å². The van der Waals surface area contributed by atoms with Crippen LogP contribution in [0.5, 0.6) is 5.75 Å². The predicted molar refractivity (Wildman–Crippen MR) is 88.5 cm³/mol. The summed E-state index contributed by atoms with van der Waals surface area (Å²) in [6.45, 7) is 11.1. The number of likely N-dealkylation sites (N-methyl/N-ethyl adjacent to an activating group) is 1. The first-order valence-corrected chi connectivity index (χ1v) is 8.65. The summed E-state index contributed by atoms with van der Waals surface area (Å²) in [6, 6.07) is 6.88. The normalized spacial score (nSPS) is 22.7. The highest BCUT2D eigenvalue weighted by atomic mass is 16.5. The van der Waals surface area contributed by atoms with E-state index in [0.717, 1.165) is 36.0 Å². The summed E-state index contributed by atoms with van der Waals surface area (Å²) < 4.78 is 5.82. The van der Waals surface area contributed by atoms with Gasteiger partial charge in [-0.1, -0.05) is 18.2 Å². The lowest BCUT2D eigenvalue weighted by atomic mass is 10.1. The Hall–Kier alpha value is -1.10. The zero-order valence-electron chi connectivity index (χ0n) is 14.3. The van der Waals surface area contributed by atoms with Crippen molar-refractivity contribution in [3.8, 4) is 5.75 Å². The maximum absolute atomic E-state index is 10.1. The fraction of sp³-hybridized carbons (Fsp3) is 0.667. The molecule has 1 unspecified atom stereocenters. The molecule has 1 aliphatic rings. The Morgan fingerprint density at radius 1 is 1.36 bits per heavy atom. The van der Waals surface area contributed by atoms with Gasteiger partial charge in [0.2, 0.25) is 0 Å². The third-order valence-corrected chi connectivity index (χ3v) is 4.80. The number of aliphatic hydroxyl groups excluding tert-OH is 1. The Morgan fingerprint density at radius 3 is 2.77 bits per heavy atom. The molecule has 0 amide bonds. The molecule has 0 saturated carbocycles. The van der Waals surface area contributed by atoms with Crippen molar-refractivity contribution in [1.82, 2.24) is 0 Å². The van der Waals surface area contributed by atoms with E-state index in [1.54, 1.807) is 4.90 Å². The lowest BCUT2D eigenvalue weighted by Gasteiger charge is -2.19. The topological polar surface area (TPSA) is 50.5 Å². The molecule has 1 heterocycles. The van der Waals surface area contributed by atoms with Crippen LogP contribution in [-0.4, -0.2) is 50.0 Å². The van der Waals surface area contributed by atoms with Crippen LogP contribution in [-0.2, 0) is 0 Å². The molecular formula is C18H32N2O2+2. The molecule has 124 valence electrons. The maximum Gasteiger partial charge on any atom is 0.137 e. The highest BCUT2D eigenvalue weighted by Crippen LogP contribution is 2.22. The summed E-state index contributed by atoms with van der Waals surface area (Å²) in [5, 5.41) is 12.4. The van der Waals surface area contributed by atoms with Gasteiger partial charge in [-0.15, -0.1) is 0 Å². The average molecular weight is 308 g/mol. The second-order valence-corrected chi connectivity index (χ2v) is 6.55. The van der Waals surface area contributed by atoms with E-state index in [4.69, 9.17) is 4.74 Å². The molecule has 0 aromatic heterocycles. The maximum atomic E-state index is 10.1. The first-order chi connectivity index (χ1) is 10.6. The van der Waals surface area contributed by atoms with Gasteiger partial charge in [0, 0.05) is 12.8 Å². The van der Waals surface area contributed by atoms with E-state index in [9.17, 15) is 5.11 Å². The molecule has 0 radical (unpaired) electrons. The SMILES string of the molecule is CC[NH+]1CCC[C@H]1C[NH2+]C[C@H](O)COc1c(C)cccc1C. The Morgan fingerprint density at radius 2 is 2.09 bits per heavy atom. The number of rotatable bonds is 8. The number of nitrogens with two attached hydrogens (primary N) is 1. The van der Waals surface area contributed by atoms with Crippen molar-refractivity contribution < 1.29 is 20.1 Å². The van der Waals surface area contributed by atoms with Crippen LogP contribution >= 0.6 is 0 Å². The van der Waals surface area contributed by atoms with Crippen molar-refractivity contribution in [3.63, 3.8) is 0 Å². The van der Waals surface area contributed by atoms with E-state index in [1.807, 2.05) is 32.0 Å². The molecule has 0 spiro atoms. The standard InChI is InChI=1S/C18H30N2O2/c1-4-20-10-6-9-16(20)11-19-12-17(21)13-22-18-14(2)7-5-8-15(18)3/h5,7-8,16-17,19,21H,4,6,9-13H2,1-3H3/p+2/t16-,17-/m0/s1. The van der Waals surface area contributed by atoms with Crippen molar-refractivity contribution >= 4 is 0 Å². The van der Waals surface area contributed by atoms with Crippen LogP contribution in [0.15, 0.2) is 18.2 Å². The third kappa shape index (κ3) is 4.70. The molecule has 4 N–H and O–H groups in total. The van der Waals surface area contributed by atoms with Gasteiger partial charge >= 0.3 is 0 Å². The smallest absolute Gasteiger partial charge is 0.137 e. The highest BCUT2D eigenvalue weighted by molar-refractivity contribution is 5.39. The van der Waals surface area contributed by atoms with Gasteiger partial charge < -0.3 is 20.1 Å². The van der Waals surface area contributed by atoms with Gasteiger partial charge in [-0.2, -0.15) is 0 Å². The summed E-state index contributed by atoms with van der Waals surface area (Å²) in [4.78, 5) is 1.72. The summed E-state index contributed by atoms with van der Waals surface area (Å²) in [5.74, 6) is 0.916. The zero-order valence-corrected chi connectivity index (χ0v) is 14.3. The number of likely N-dealkylation sites (tertiary alicyclic amines) is 1. The lowest BCUT2D eigenvalue weighted by Crippen LogP contribution is -3.16. The molecular weight excluding hydrogens is 276 g/mol. The van der Waals surface area contributed by atoms with Crippen molar-refractivity contribution in [2.45, 2.75) is 45.8 Å². The fourth-order valence-corrected chi connectivity index (χ4v) is 3.50. The molecule has 1 fully saturated rings. The van der Waals surface area contributed by atoms with E-state index in [1.165, 1.54) is 25.9 Å². The van der Waals surface area contributed by atoms with Crippen LogP contribution in [0.1, 0.15) is 30.9 Å². The number of ether oxygens (including phenoxy) is 1. The van der Waals surface area contributed by atoms with Crippen LogP contribution in [0.25, 0.3) is 0 Å². The number of benzene rings is 1. The first-order valence-electron chi connectivity index (χ1n) is 8.65. The Balaban J connectivity index is 1.69. The van der Waals surface area contributed by atoms with Crippen molar-refractivity contribution in [2.75, 3.05) is 32.8 Å². The van der Waals surface area contributed by atoms with Gasteiger partial charge in [0.1, 0.15) is 37.6 Å². The number of aryl methyl sites for hydroxylation is 2. The summed E-state index contributed by atoms with van der Waals surface area (Å²) in [6.07, 6.45) is 2.26. The number of hydrogen-bond acceptors (Lipinski definition) is 2. The largest absolute Gasteiger partial charge is 0.490 e. The van der Waals surface area contributed by atoms with E-state index >= 15 is 0 Å². The van der Waals surface area contributed by atoms with Crippen molar-refractivity contribution in [1.29, 1.82) is 0 Å². The fourth-order valence-electron chi connectivity index (χ4n) is 3.50. The highest BCUT2D eigenvalue weighted by Gasteiger charge is 2.28. The summed E-state index contributed by atoms with van der Waals surface area (Å²) >= 11 is 0. The van der Waals surface area contributed by atoms with Gasteiger partial charge in [0.15, 0.2) is 0 Å². The van der Waals surface area contributed by atoms with Gasteiger partial charge in [-0.05, 0) is 31.9 Å². The van der Waals surface area contributed by atoms with Crippen LogP contribution in [0.3, 0.4) is 0 Å². The molecule has 1 aliphatic heterocycles. The molecule has 4 heteroatoms. The number of nitrogens with one attached hydrogen (secondary N) is 1. The minimum absolute atomic E-state index is 0.372. The quantitative estimate of drug-likeness (QED) is 0.616. The van der Waals surface area contributed by atoms with Crippen LogP contribution in [0.4, 0.5) is 0 Å². The summed E-state index contributed by atoms with van der Waals surface area (Å²) in [7, 11) is 0. The second kappa shape index (κ2) is 8.51. The Bertz CT molecular complexity index is 444. The number of para-hydroxylation sites is 1. The molecule has 1 aromatic carbocycles. The minimum Gasteiger partial charge on any atom is -0.490 e. The van der Waals surface area contributed by atoms with Crippen LogP contribution < -0.4 is 15.0 Å². The van der Waals surface area contributed by atoms with Gasteiger partial charge in [0.05, 0.1) is 13.1 Å². The number of quaternary nitrogens is 2. The Labute approximate surface area is 134 Å². The summed E-state index contributed by atoms with van der Waals surface area (Å²) in [5.41, 5.74) is 2.26. The monoisotopic (exact) mass is 308 g/mol. The molecule has 22 heavy (non-hydrogen) atoms. The molecule has 1 aromatic rings. The predicted octanol–water partition coefficient (Wildman–Crippen LogP) is -0.326. The van der Waals surface area contributed by atoms with Crippen LogP contribution in [0, 0.1) is 13.8 Å². The average Bonchev–Trinajstić information content (AvgIpc) is 2.94. The van der Waals surface area contributed by atoms with E-state index in [-0.39, 0.29) is 0 Å². The zero-order chi connectivity index (χ0) is 15.9. The van der Waals surface area contributed by atoms with Crippen molar-refractivity contribution in [3.05, 3.63) is 29.3 Å². The number of aliphatic hydroxyl groups is 1. The lowest BCUT2D eigenvalue weighted by molar-refractivity contribution is -0.924. The van der Waals surface area contributed by atoms with Gasteiger partial charge in [0.25, 0.3) is 0 Å². The second-order valence-electron chi connectivity index (χ2n) is 6.55. The van der Waals surface area contributed by atoms with E-state index < -0.39 is 6.10 Å².